The molecule has 0 aliphatic rings. The van der Waals surface area contributed by atoms with Crippen molar-refractivity contribution in [3.05, 3.63) is 6.92 Å². The Morgan fingerprint density at radius 1 is 1.57 bits per heavy atom. The molecule has 0 bridgehead atoms. The third-order valence-corrected chi connectivity index (χ3v) is 1.20. The molecule has 7 heavy (non-hydrogen) atoms. The Hall–Kier alpha value is -0.0400. The Kier molecular flexibility index (Phi) is 3.01. The van der Waals surface area contributed by atoms with Gasteiger partial charge in [-0.15, -0.1) is 0 Å². The first-order valence-electron chi connectivity index (χ1n) is 2.68. The summed E-state index contributed by atoms with van der Waals surface area (Å²) >= 11 is 0. The Morgan fingerprint density at radius 3 is 2.00 bits per heavy atom. The van der Waals surface area contributed by atoms with E-state index in [0.29, 0.717) is 6.04 Å². The number of hydrogen-bond acceptors (Lipinski definition) is 1. The maximum Gasteiger partial charge on any atom is 0.00871 e. The van der Waals surface area contributed by atoms with Crippen LogP contribution < -0.4 is 0 Å². The monoisotopic (exact) mass is 100 g/mol. The van der Waals surface area contributed by atoms with Gasteiger partial charge >= 0.3 is 0 Å². The van der Waals surface area contributed by atoms with Gasteiger partial charge in [0, 0.05) is 6.04 Å². The molecule has 0 aliphatic heterocycles. The normalized spacial score (nSPS) is 15.0. The molecule has 0 aliphatic carbocycles. The molecule has 1 heteroatoms. The van der Waals surface area contributed by atoms with Gasteiger partial charge in [0.05, 0.1) is 0 Å². The second-order valence-electron chi connectivity index (χ2n) is 2.03. The molecule has 43 valence electrons. The zero-order valence-corrected chi connectivity index (χ0v) is 5.44. The number of rotatable bonds is 2. The number of hydrogen-bond donors (Lipinski definition) is 0. The van der Waals surface area contributed by atoms with Gasteiger partial charge < -0.3 is 4.90 Å². The lowest BCUT2D eigenvalue weighted by Gasteiger charge is -2.16. The minimum absolute atomic E-state index is 0.486. The van der Waals surface area contributed by atoms with Crippen LogP contribution >= 0.6 is 0 Å². The van der Waals surface area contributed by atoms with Gasteiger partial charge in [-0.1, -0.05) is 6.92 Å². The summed E-state index contributed by atoms with van der Waals surface area (Å²) in [6, 6.07) is 0.486. The molecular formula is C6H14N. The van der Waals surface area contributed by atoms with Crippen molar-refractivity contribution in [3.63, 3.8) is 0 Å². The fraction of sp³-hybridized carbons (Fsp3) is 0.833. The summed E-state index contributed by atoms with van der Waals surface area (Å²) in [7, 11) is 4.09. The van der Waals surface area contributed by atoms with E-state index in [2.05, 4.69) is 18.7 Å². The second-order valence-corrected chi connectivity index (χ2v) is 2.03. The van der Waals surface area contributed by atoms with E-state index < -0.39 is 0 Å². The molecular weight excluding hydrogens is 86.1 g/mol. The Labute approximate surface area is 46.3 Å². The van der Waals surface area contributed by atoms with E-state index in [1.165, 1.54) is 0 Å². The van der Waals surface area contributed by atoms with Crippen LogP contribution in [0.15, 0.2) is 0 Å². The van der Waals surface area contributed by atoms with Gasteiger partial charge in [0.2, 0.25) is 0 Å². The lowest BCUT2D eigenvalue weighted by atomic mass is 10.2. The summed E-state index contributed by atoms with van der Waals surface area (Å²) in [5.74, 6) is 0. The fourth-order valence-electron chi connectivity index (χ4n) is 0.365. The van der Waals surface area contributed by atoms with E-state index >= 15 is 0 Å². The minimum atomic E-state index is 0.486. The third-order valence-electron chi connectivity index (χ3n) is 1.20. The third kappa shape index (κ3) is 2.63. The standard InChI is InChI=1S/C6H14N/c1-5-6(2)7(3)4/h6H,2,5H2,1,3-4H3. The average Bonchev–Trinajstić information content (AvgIpc) is 1.65. The van der Waals surface area contributed by atoms with Gasteiger partial charge in [-0.3, -0.25) is 0 Å². The Morgan fingerprint density at radius 2 is 2.00 bits per heavy atom. The lowest BCUT2D eigenvalue weighted by molar-refractivity contribution is 0.333. The molecule has 0 aromatic rings. The van der Waals surface area contributed by atoms with Crippen LogP contribution in [-0.2, 0) is 0 Å². The van der Waals surface area contributed by atoms with Gasteiger partial charge in [0.1, 0.15) is 0 Å². The zero-order valence-electron chi connectivity index (χ0n) is 5.44. The summed E-state index contributed by atoms with van der Waals surface area (Å²) in [4.78, 5) is 2.11. The van der Waals surface area contributed by atoms with Gasteiger partial charge in [-0.05, 0) is 27.4 Å². The van der Waals surface area contributed by atoms with Crippen LogP contribution in [0.1, 0.15) is 13.3 Å². The summed E-state index contributed by atoms with van der Waals surface area (Å²) in [6.07, 6.45) is 1.13. The van der Waals surface area contributed by atoms with Crippen LogP contribution in [0.25, 0.3) is 0 Å². The molecule has 1 unspecified atom stereocenters. The molecule has 0 aromatic carbocycles. The summed E-state index contributed by atoms with van der Waals surface area (Å²) < 4.78 is 0. The first-order valence-corrected chi connectivity index (χ1v) is 2.68. The first-order chi connectivity index (χ1) is 3.18. The van der Waals surface area contributed by atoms with Gasteiger partial charge in [0.15, 0.2) is 0 Å². The molecule has 1 atom stereocenters. The van der Waals surface area contributed by atoms with Gasteiger partial charge in [-0.2, -0.15) is 0 Å². The van der Waals surface area contributed by atoms with E-state index in [1.807, 2.05) is 14.1 Å². The molecule has 0 saturated heterocycles. The Balaban J connectivity index is 3.14. The van der Waals surface area contributed by atoms with Crippen LogP contribution in [0.2, 0.25) is 0 Å². The van der Waals surface area contributed by atoms with Crippen molar-refractivity contribution in [2.24, 2.45) is 0 Å². The van der Waals surface area contributed by atoms with Crippen LogP contribution in [0.5, 0.6) is 0 Å². The second kappa shape index (κ2) is 3.03. The van der Waals surface area contributed by atoms with Crippen molar-refractivity contribution in [1.82, 2.24) is 4.90 Å². The van der Waals surface area contributed by atoms with E-state index in [4.69, 9.17) is 0 Å². The van der Waals surface area contributed by atoms with Crippen molar-refractivity contribution in [1.29, 1.82) is 0 Å². The molecule has 0 saturated carbocycles. The van der Waals surface area contributed by atoms with Crippen LogP contribution in [0.4, 0.5) is 0 Å². The highest BCUT2D eigenvalue weighted by molar-refractivity contribution is 4.63. The highest BCUT2D eigenvalue weighted by Gasteiger charge is 1.97. The molecule has 0 rings (SSSR count). The highest BCUT2D eigenvalue weighted by atomic mass is 15.1. The molecule has 0 N–H and O–H groups in total. The topological polar surface area (TPSA) is 3.24 Å². The summed E-state index contributed by atoms with van der Waals surface area (Å²) in [5, 5.41) is 0. The summed E-state index contributed by atoms with van der Waals surface area (Å²) in [6.45, 7) is 6.02. The molecule has 0 fully saturated rings. The van der Waals surface area contributed by atoms with E-state index in [1.54, 1.807) is 0 Å². The maximum atomic E-state index is 3.88. The van der Waals surface area contributed by atoms with Crippen molar-refractivity contribution in [3.8, 4) is 0 Å². The molecule has 0 aromatic heterocycles. The van der Waals surface area contributed by atoms with Crippen LogP contribution in [-0.4, -0.2) is 25.0 Å². The lowest BCUT2D eigenvalue weighted by Crippen LogP contribution is -2.23. The first kappa shape index (κ1) is 6.96. The largest absolute Gasteiger partial charge is 0.306 e. The van der Waals surface area contributed by atoms with Gasteiger partial charge in [-0.25, -0.2) is 0 Å². The highest BCUT2D eigenvalue weighted by Crippen LogP contribution is 1.93. The maximum absolute atomic E-state index is 3.88. The van der Waals surface area contributed by atoms with Crippen LogP contribution in [0, 0.1) is 6.92 Å². The van der Waals surface area contributed by atoms with Crippen molar-refractivity contribution in [2.45, 2.75) is 19.4 Å². The van der Waals surface area contributed by atoms with E-state index in [9.17, 15) is 0 Å². The Bertz CT molecular complexity index is 41.4. The predicted molar refractivity (Wildman–Crippen MR) is 33.1 cm³/mol. The molecule has 1 radical (unpaired) electrons. The fourth-order valence-corrected chi connectivity index (χ4v) is 0.365. The van der Waals surface area contributed by atoms with Gasteiger partial charge in [0.25, 0.3) is 0 Å². The average molecular weight is 100 g/mol. The minimum Gasteiger partial charge on any atom is -0.306 e. The van der Waals surface area contributed by atoms with Crippen molar-refractivity contribution in [2.75, 3.05) is 14.1 Å². The number of nitrogens with zero attached hydrogens (tertiary/aromatic N) is 1. The molecule has 1 nitrogen and oxygen atoms in total. The molecule has 0 amide bonds. The quantitative estimate of drug-likeness (QED) is 0.503. The van der Waals surface area contributed by atoms with E-state index in [0.717, 1.165) is 6.42 Å². The predicted octanol–water partition coefficient (Wildman–Crippen LogP) is 1.16. The van der Waals surface area contributed by atoms with Crippen molar-refractivity contribution < 1.29 is 0 Å². The zero-order chi connectivity index (χ0) is 5.86. The van der Waals surface area contributed by atoms with Crippen LogP contribution in [0.3, 0.4) is 0 Å². The van der Waals surface area contributed by atoms with Crippen molar-refractivity contribution >= 4 is 0 Å². The SMILES string of the molecule is [CH2]C(CC)N(C)C. The van der Waals surface area contributed by atoms with E-state index in [-0.39, 0.29) is 0 Å². The smallest absolute Gasteiger partial charge is 0.00871 e. The molecule has 0 heterocycles. The summed E-state index contributed by atoms with van der Waals surface area (Å²) in [5.41, 5.74) is 0. The molecule has 0 spiro atoms.